The van der Waals surface area contributed by atoms with E-state index in [0.717, 1.165) is 30.5 Å². The van der Waals surface area contributed by atoms with Gasteiger partial charge in [0, 0.05) is 15.9 Å². The Labute approximate surface area is 182 Å². The molecule has 0 aliphatic heterocycles. The van der Waals surface area contributed by atoms with E-state index in [-0.39, 0.29) is 17.3 Å². The summed E-state index contributed by atoms with van der Waals surface area (Å²) in [5.74, 6) is 0. The highest BCUT2D eigenvalue weighted by Crippen LogP contribution is 2.24. The van der Waals surface area contributed by atoms with Crippen molar-refractivity contribution in [3.05, 3.63) is 69.2 Å². The molecule has 31 heavy (non-hydrogen) atoms. The Hall–Kier alpha value is -3.31. The van der Waals surface area contributed by atoms with E-state index >= 15 is 0 Å². The van der Waals surface area contributed by atoms with Gasteiger partial charge in [0.15, 0.2) is 11.1 Å². The fourth-order valence-electron chi connectivity index (χ4n) is 3.46. The van der Waals surface area contributed by atoms with Crippen molar-refractivity contribution in [2.75, 3.05) is 5.32 Å². The highest BCUT2D eigenvalue weighted by Gasteiger charge is 2.24. The zero-order chi connectivity index (χ0) is 22.1. The van der Waals surface area contributed by atoms with Crippen LogP contribution in [0.1, 0.15) is 48.2 Å². The molecule has 1 saturated carbocycles. The smallest absolute Gasteiger partial charge is 0.283 e. The first kappa shape index (κ1) is 20.9. The molecule has 1 fully saturated rings. The first-order valence-electron chi connectivity index (χ1n) is 9.77. The molecule has 2 aromatic heterocycles. The van der Waals surface area contributed by atoms with Crippen molar-refractivity contribution in [2.24, 2.45) is 4.99 Å². The van der Waals surface area contributed by atoms with Crippen LogP contribution < -0.4 is 16.0 Å². The van der Waals surface area contributed by atoms with E-state index in [1.54, 1.807) is 25.3 Å². The standard InChI is InChI=1S/C22H19ClF2N6/c1-3-27-18-10-14(23)8-7-13(18)9-16-12(2)28-22-17(11-26)19(20(24)25)30-31(22)21(16)29-15-5-4-6-15/h3,7-10,15,20,27H,1,4-6H2,2H3/b16-9+,29-21?. The molecule has 9 heteroatoms. The zero-order valence-electron chi connectivity index (χ0n) is 16.7. The summed E-state index contributed by atoms with van der Waals surface area (Å²) < 4.78 is 28.3. The van der Waals surface area contributed by atoms with Gasteiger partial charge in [-0.15, -0.1) is 0 Å². The molecule has 0 amide bonds. The molecule has 3 aromatic rings. The molecule has 0 bridgehead atoms. The van der Waals surface area contributed by atoms with Gasteiger partial charge in [0.2, 0.25) is 0 Å². The Kier molecular flexibility index (Phi) is 5.70. The average Bonchev–Trinajstić information content (AvgIpc) is 3.06. The second-order valence-electron chi connectivity index (χ2n) is 7.28. The van der Waals surface area contributed by atoms with Gasteiger partial charge >= 0.3 is 0 Å². The maximum absolute atomic E-state index is 13.5. The number of alkyl halides is 2. The lowest BCUT2D eigenvalue weighted by Crippen LogP contribution is -2.38. The summed E-state index contributed by atoms with van der Waals surface area (Å²) in [7, 11) is 0. The Morgan fingerprint density at radius 2 is 2.19 bits per heavy atom. The maximum atomic E-state index is 13.5. The Morgan fingerprint density at radius 1 is 1.42 bits per heavy atom. The van der Waals surface area contributed by atoms with Gasteiger partial charge in [0.1, 0.15) is 17.3 Å². The summed E-state index contributed by atoms with van der Waals surface area (Å²) in [6.45, 7) is 5.45. The molecule has 158 valence electrons. The molecule has 6 nitrogen and oxygen atoms in total. The summed E-state index contributed by atoms with van der Waals surface area (Å²) in [5, 5.41) is 17.7. The molecular weight excluding hydrogens is 422 g/mol. The van der Waals surface area contributed by atoms with Crippen molar-refractivity contribution in [1.29, 1.82) is 5.26 Å². The number of aromatic nitrogens is 3. The number of nitriles is 1. The fraction of sp³-hybridized carbons (Fsp3) is 0.273. The van der Waals surface area contributed by atoms with Gasteiger partial charge in [-0.2, -0.15) is 14.9 Å². The number of nitrogens with one attached hydrogen (secondary N) is 1. The van der Waals surface area contributed by atoms with Crippen molar-refractivity contribution < 1.29 is 8.78 Å². The van der Waals surface area contributed by atoms with E-state index in [1.165, 1.54) is 4.52 Å². The summed E-state index contributed by atoms with van der Waals surface area (Å²) in [4.78, 5) is 9.24. The molecule has 1 aliphatic carbocycles. The van der Waals surface area contributed by atoms with Gasteiger partial charge in [0.05, 0.1) is 11.7 Å². The molecule has 0 unspecified atom stereocenters. The predicted octanol–water partition coefficient (Wildman–Crippen LogP) is 4.06. The van der Waals surface area contributed by atoms with Crippen LogP contribution in [0.15, 0.2) is 36.0 Å². The molecule has 2 heterocycles. The lowest BCUT2D eigenvalue weighted by molar-refractivity contribution is 0.145. The third kappa shape index (κ3) is 3.89. The number of benzene rings is 1. The summed E-state index contributed by atoms with van der Waals surface area (Å²) in [6.07, 6.45) is 3.41. The number of nitrogens with zero attached hydrogens (tertiary/aromatic N) is 5. The summed E-state index contributed by atoms with van der Waals surface area (Å²) >= 11 is 6.12. The Morgan fingerprint density at radius 3 is 2.81 bits per heavy atom. The Bertz CT molecular complexity index is 1340. The van der Waals surface area contributed by atoms with E-state index < -0.39 is 12.1 Å². The van der Waals surface area contributed by atoms with Crippen LogP contribution >= 0.6 is 11.6 Å². The van der Waals surface area contributed by atoms with E-state index in [1.807, 2.05) is 18.2 Å². The minimum Gasteiger partial charge on any atom is -0.362 e. The number of hydrogen-bond donors (Lipinski definition) is 1. The van der Waals surface area contributed by atoms with Crippen molar-refractivity contribution in [3.63, 3.8) is 0 Å². The summed E-state index contributed by atoms with van der Waals surface area (Å²) in [6, 6.07) is 7.25. The van der Waals surface area contributed by atoms with Crippen LogP contribution in [0, 0.1) is 18.3 Å². The molecule has 1 aliphatic rings. The molecule has 0 saturated heterocycles. The quantitative estimate of drug-likeness (QED) is 0.649. The van der Waals surface area contributed by atoms with Gasteiger partial charge in [-0.1, -0.05) is 24.2 Å². The largest absolute Gasteiger partial charge is 0.362 e. The van der Waals surface area contributed by atoms with Crippen LogP contribution in [-0.4, -0.2) is 20.6 Å². The lowest BCUT2D eigenvalue weighted by Gasteiger charge is -2.20. The van der Waals surface area contributed by atoms with Crippen molar-refractivity contribution in [2.45, 2.75) is 38.7 Å². The van der Waals surface area contributed by atoms with Crippen LogP contribution in [0.5, 0.6) is 0 Å². The minimum atomic E-state index is -2.89. The molecule has 1 N–H and O–H groups in total. The van der Waals surface area contributed by atoms with Crippen molar-refractivity contribution >= 4 is 29.0 Å². The predicted molar refractivity (Wildman–Crippen MR) is 115 cm³/mol. The molecular formula is C22H19ClF2N6. The second kappa shape index (κ2) is 8.44. The zero-order valence-corrected chi connectivity index (χ0v) is 17.5. The lowest BCUT2D eigenvalue weighted by atomic mass is 9.94. The Balaban J connectivity index is 2.09. The monoisotopic (exact) mass is 440 g/mol. The van der Waals surface area contributed by atoms with Crippen LogP contribution in [0.25, 0.3) is 11.7 Å². The number of aryl methyl sites for hydroxylation is 1. The summed E-state index contributed by atoms with van der Waals surface area (Å²) in [5.41, 5.74) is 1.76. The second-order valence-corrected chi connectivity index (χ2v) is 7.72. The number of fused-ring (bicyclic) bond motifs is 1. The fourth-order valence-corrected chi connectivity index (χ4v) is 3.63. The highest BCUT2D eigenvalue weighted by atomic mass is 35.5. The topological polar surface area (TPSA) is 78.4 Å². The van der Waals surface area contributed by atoms with Crippen molar-refractivity contribution in [3.8, 4) is 6.07 Å². The van der Waals surface area contributed by atoms with Crippen LogP contribution in [-0.2, 0) is 0 Å². The molecule has 0 radical (unpaired) electrons. The van der Waals surface area contributed by atoms with Crippen LogP contribution in [0.3, 0.4) is 0 Å². The number of rotatable bonds is 5. The van der Waals surface area contributed by atoms with E-state index in [0.29, 0.717) is 21.4 Å². The maximum Gasteiger partial charge on any atom is 0.283 e. The number of hydrogen-bond acceptors (Lipinski definition) is 5. The SMILES string of the molecule is C=CNc1cc(Cl)ccc1/C=c1\c(C)nc2c(C#N)c(C(F)F)nn2c1=NC1CCC1. The van der Waals surface area contributed by atoms with Crippen LogP contribution in [0.2, 0.25) is 5.02 Å². The van der Waals surface area contributed by atoms with Gasteiger partial charge < -0.3 is 5.32 Å². The van der Waals surface area contributed by atoms with E-state index in [9.17, 15) is 14.0 Å². The molecule has 1 aromatic carbocycles. The third-order valence-corrected chi connectivity index (χ3v) is 5.50. The highest BCUT2D eigenvalue weighted by molar-refractivity contribution is 6.30. The molecule has 0 atom stereocenters. The van der Waals surface area contributed by atoms with Crippen molar-refractivity contribution in [1.82, 2.24) is 14.6 Å². The number of halogens is 3. The molecule has 4 rings (SSSR count). The normalized spacial score (nSPS) is 15.4. The van der Waals surface area contributed by atoms with Gasteiger partial charge in [-0.3, -0.25) is 4.99 Å². The molecule has 0 spiro atoms. The average molecular weight is 441 g/mol. The van der Waals surface area contributed by atoms with Gasteiger partial charge in [0.25, 0.3) is 6.43 Å². The van der Waals surface area contributed by atoms with E-state index in [2.05, 4.69) is 22.0 Å². The first-order chi connectivity index (χ1) is 14.9. The van der Waals surface area contributed by atoms with E-state index in [4.69, 9.17) is 16.6 Å². The first-order valence-corrected chi connectivity index (χ1v) is 10.1. The third-order valence-electron chi connectivity index (χ3n) is 5.26. The van der Waals surface area contributed by atoms with Crippen LogP contribution in [0.4, 0.5) is 14.5 Å². The van der Waals surface area contributed by atoms with Gasteiger partial charge in [-0.25, -0.2) is 13.8 Å². The van der Waals surface area contributed by atoms with Gasteiger partial charge in [-0.05, 0) is 56.2 Å². The minimum absolute atomic E-state index is 0.0814. The number of anilines is 1.